The minimum atomic E-state index is -1.26. The Balaban J connectivity index is 1.41. The van der Waals surface area contributed by atoms with Gasteiger partial charge in [0.25, 0.3) is 0 Å². The highest BCUT2D eigenvalue weighted by molar-refractivity contribution is 6.30. The van der Waals surface area contributed by atoms with Crippen LogP contribution in [0, 0.1) is 11.8 Å². The molecule has 0 spiro atoms. The van der Waals surface area contributed by atoms with Gasteiger partial charge in [-0.05, 0) is 61.8 Å². The van der Waals surface area contributed by atoms with Gasteiger partial charge in [0, 0.05) is 29.8 Å². The third-order valence-corrected chi connectivity index (χ3v) is 7.66. The molecule has 0 aromatic heterocycles. The predicted octanol–water partition coefficient (Wildman–Crippen LogP) is 3.48. The number of alkyl carbamates (subject to hydrolysis) is 1. The smallest absolute Gasteiger partial charge is 0.408 e. The summed E-state index contributed by atoms with van der Waals surface area (Å²) in [5.74, 6) is -2.47. The molecule has 208 valence electrons. The Morgan fingerprint density at radius 2 is 1.77 bits per heavy atom. The van der Waals surface area contributed by atoms with Crippen molar-refractivity contribution < 1.29 is 29.0 Å². The number of carboxylic acid groups (broad SMARTS) is 1. The van der Waals surface area contributed by atoms with Gasteiger partial charge in [-0.1, -0.05) is 54.1 Å². The first-order chi connectivity index (χ1) is 18.8. The summed E-state index contributed by atoms with van der Waals surface area (Å²) in [6.45, 7) is 0.479. The van der Waals surface area contributed by atoms with E-state index in [1.54, 1.807) is 0 Å². The lowest BCUT2D eigenvalue weighted by molar-refractivity contribution is -0.142. The van der Waals surface area contributed by atoms with E-state index < -0.39 is 36.0 Å². The largest absolute Gasteiger partial charge is 0.480 e. The SMILES string of the molecule is O=C(N[C@@H](Cc1ccccc1)C(=O)N[C@@H](C[C@@H]1CCNC1=O)C(=O)O)OC1CCCC1Cc1cccc(Cl)c1. The van der Waals surface area contributed by atoms with E-state index in [2.05, 4.69) is 16.0 Å². The fraction of sp³-hybridized carbons (Fsp3) is 0.448. The minimum absolute atomic E-state index is 0.0251. The molecule has 2 fully saturated rings. The molecule has 3 amide bonds. The van der Waals surface area contributed by atoms with E-state index in [1.807, 2.05) is 54.6 Å². The average molecular weight is 556 g/mol. The number of benzene rings is 2. The molecule has 2 aromatic rings. The van der Waals surface area contributed by atoms with Crippen LogP contribution >= 0.6 is 11.6 Å². The molecule has 4 N–H and O–H groups in total. The first kappa shape index (κ1) is 28.4. The summed E-state index contributed by atoms with van der Waals surface area (Å²) < 4.78 is 5.79. The van der Waals surface area contributed by atoms with Crippen LogP contribution in [-0.2, 0) is 32.0 Å². The fourth-order valence-electron chi connectivity index (χ4n) is 5.38. The Labute approximate surface area is 232 Å². The Hall–Kier alpha value is -3.59. The zero-order chi connectivity index (χ0) is 27.8. The van der Waals surface area contributed by atoms with Crippen LogP contribution in [0.2, 0.25) is 5.02 Å². The monoisotopic (exact) mass is 555 g/mol. The number of hydrogen-bond donors (Lipinski definition) is 4. The van der Waals surface area contributed by atoms with Gasteiger partial charge in [0.2, 0.25) is 11.8 Å². The van der Waals surface area contributed by atoms with E-state index in [-0.39, 0.29) is 30.8 Å². The first-order valence-electron chi connectivity index (χ1n) is 13.3. The van der Waals surface area contributed by atoms with Gasteiger partial charge in [-0.15, -0.1) is 0 Å². The molecule has 1 aliphatic carbocycles. The maximum absolute atomic E-state index is 13.3. The molecule has 2 aromatic carbocycles. The summed E-state index contributed by atoms with van der Waals surface area (Å²) in [7, 11) is 0. The Morgan fingerprint density at radius 1 is 1.00 bits per heavy atom. The molecule has 5 atom stereocenters. The van der Waals surface area contributed by atoms with Gasteiger partial charge in [0.15, 0.2) is 0 Å². The number of carbonyl (C=O) groups is 4. The number of carboxylic acids is 1. The van der Waals surface area contributed by atoms with Gasteiger partial charge >= 0.3 is 12.1 Å². The van der Waals surface area contributed by atoms with Crippen molar-refractivity contribution in [1.29, 1.82) is 0 Å². The molecule has 0 bridgehead atoms. The minimum Gasteiger partial charge on any atom is -0.480 e. The van der Waals surface area contributed by atoms with Crippen molar-refractivity contribution in [2.24, 2.45) is 11.8 Å². The zero-order valence-corrected chi connectivity index (χ0v) is 22.4. The second kappa shape index (κ2) is 13.5. The molecule has 2 aliphatic rings. The van der Waals surface area contributed by atoms with Crippen LogP contribution in [0.5, 0.6) is 0 Å². The van der Waals surface area contributed by atoms with Crippen molar-refractivity contribution in [1.82, 2.24) is 16.0 Å². The van der Waals surface area contributed by atoms with Gasteiger partial charge in [-0.25, -0.2) is 9.59 Å². The third-order valence-electron chi connectivity index (χ3n) is 7.42. The number of aliphatic carboxylic acids is 1. The Bertz CT molecular complexity index is 1180. The van der Waals surface area contributed by atoms with Gasteiger partial charge in [0.05, 0.1) is 0 Å². The van der Waals surface area contributed by atoms with Crippen LogP contribution in [0.25, 0.3) is 0 Å². The van der Waals surface area contributed by atoms with E-state index in [4.69, 9.17) is 16.3 Å². The molecular formula is C29H34ClN3O6. The summed E-state index contributed by atoms with van der Waals surface area (Å²) in [6.07, 6.45) is 2.87. The Morgan fingerprint density at radius 3 is 2.46 bits per heavy atom. The van der Waals surface area contributed by atoms with Gasteiger partial charge < -0.3 is 25.8 Å². The number of halogens is 1. The lowest BCUT2D eigenvalue weighted by Gasteiger charge is -2.25. The van der Waals surface area contributed by atoms with Crippen LogP contribution in [0.4, 0.5) is 4.79 Å². The second-order valence-corrected chi connectivity index (χ2v) is 10.7. The summed E-state index contributed by atoms with van der Waals surface area (Å²) in [4.78, 5) is 50.1. The van der Waals surface area contributed by atoms with Crippen molar-refractivity contribution in [2.75, 3.05) is 6.54 Å². The summed E-state index contributed by atoms with van der Waals surface area (Å²) in [5.41, 5.74) is 1.86. The summed E-state index contributed by atoms with van der Waals surface area (Å²) in [6, 6.07) is 14.4. The van der Waals surface area contributed by atoms with Crippen LogP contribution in [0.3, 0.4) is 0 Å². The number of hydrogen-bond acceptors (Lipinski definition) is 5. The normalized spacial score (nSPS) is 22.0. The molecular weight excluding hydrogens is 522 g/mol. The van der Waals surface area contributed by atoms with Crippen molar-refractivity contribution in [2.45, 2.75) is 63.1 Å². The quantitative estimate of drug-likeness (QED) is 0.335. The maximum Gasteiger partial charge on any atom is 0.408 e. The lowest BCUT2D eigenvalue weighted by Crippen LogP contribution is -2.53. The number of ether oxygens (including phenoxy) is 1. The van der Waals surface area contributed by atoms with Crippen LogP contribution < -0.4 is 16.0 Å². The molecule has 39 heavy (non-hydrogen) atoms. The molecule has 9 nitrogen and oxygen atoms in total. The average Bonchev–Trinajstić information content (AvgIpc) is 3.51. The highest BCUT2D eigenvalue weighted by Crippen LogP contribution is 2.32. The molecule has 1 saturated heterocycles. The molecule has 0 radical (unpaired) electrons. The molecule has 4 rings (SSSR count). The van der Waals surface area contributed by atoms with Crippen molar-refractivity contribution in [3.63, 3.8) is 0 Å². The third kappa shape index (κ3) is 8.20. The predicted molar refractivity (Wildman–Crippen MR) is 145 cm³/mol. The van der Waals surface area contributed by atoms with E-state index >= 15 is 0 Å². The van der Waals surface area contributed by atoms with Crippen LogP contribution in [0.15, 0.2) is 54.6 Å². The summed E-state index contributed by atoms with van der Waals surface area (Å²) in [5, 5.41) is 18.2. The number of nitrogens with one attached hydrogen (secondary N) is 3. The molecule has 1 saturated carbocycles. The molecule has 10 heteroatoms. The van der Waals surface area contributed by atoms with Gasteiger partial charge in [0.1, 0.15) is 18.2 Å². The summed E-state index contributed by atoms with van der Waals surface area (Å²) >= 11 is 6.12. The van der Waals surface area contributed by atoms with Gasteiger partial charge in [-0.3, -0.25) is 9.59 Å². The van der Waals surface area contributed by atoms with Gasteiger partial charge in [-0.2, -0.15) is 0 Å². The first-order valence-corrected chi connectivity index (χ1v) is 13.7. The van der Waals surface area contributed by atoms with Crippen LogP contribution in [-0.4, -0.2) is 53.7 Å². The Kier molecular flexibility index (Phi) is 9.81. The van der Waals surface area contributed by atoms with Crippen molar-refractivity contribution in [3.05, 3.63) is 70.7 Å². The molecule has 1 heterocycles. The van der Waals surface area contributed by atoms with Crippen LogP contribution in [0.1, 0.15) is 43.2 Å². The van der Waals surface area contributed by atoms with E-state index in [9.17, 15) is 24.3 Å². The van der Waals surface area contributed by atoms with Crippen molar-refractivity contribution in [3.8, 4) is 0 Å². The van der Waals surface area contributed by atoms with E-state index in [0.29, 0.717) is 18.0 Å². The lowest BCUT2D eigenvalue weighted by atomic mass is 9.96. The number of rotatable bonds is 11. The molecule has 2 unspecified atom stereocenters. The van der Waals surface area contributed by atoms with Crippen molar-refractivity contribution >= 4 is 35.5 Å². The maximum atomic E-state index is 13.3. The zero-order valence-electron chi connectivity index (χ0n) is 21.6. The molecule has 1 aliphatic heterocycles. The topological polar surface area (TPSA) is 134 Å². The second-order valence-electron chi connectivity index (χ2n) is 10.3. The number of carbonyl (C=O) groups excluding carboxylic acids is 3. The van der Waals surface area contributed by atoms with E-state index in [1.165, 1.54) is 0 Å². The highest BCUT2D eigenvalue weighted by atomic mass is 35.5. The number of amides is 3. The van der Waals surface area contributed by atoms with E-state index in [0.717, 1.165) is 36.8 Å². The fourth-order valence-corrected chi connectivity index (χ4v) is 5.59. The standard InChI is InChI=1S/C29H34ClN3O6/c30-22-10-4-8-19(15-22)14-20-9-5-11-25(20)39-29(38)33-23(16-18-6-2-1-3-7-18)27(35)32-24(28(36)37)17-21-12-13-31-26(21)34/h1-4,6-8,10,15,20-21,23-25H,5,9,11-14,16-17H2,(H,31,34)(H,32,35)(H,33,38)(H,36,37)/t20?,21-,23-,24-,25?/m0/s1. The highest BCUT2D eigenvalue weighted by Gasteiger charge is 2.35.